The van der Waals surface area contributed by atoms with Crippen molar-refractivity contribution in [1.82, 2.24) is 0 Å². The fourth-order valence-corrected chi connectivity index (χ4v) is 3.78. The van der Waals surface area contributed by atoms with E-state index in [0.29, 0.717) is 0 Å². The summed E-state index contributed by atoms with van der Waals surface area (Å²) in [7, 11) is 0. The largest absolute Gasteiger partial charge is 0.0888 e. The molecule has 0 radical (unpaired) electrons. The van der Waals surface area contributed by atoms with Crippen molar-refractivity contribution in [2.24, 2.45) is 23.7 Å². The molecule has 112 valence electrons. The molecule has 0 amide bonds. The minimum atomic E-state index is 0.876. The van der Waals surface area contributed by atoms with E-state index in [-0.39, 0.29) is 0 Å². The van der Waals surface area contributed by atoms with E-state index in [9.17, 15) is 0 Å². The summed E-state index contributed by atoms with van der Waals surface area (Å²) < 4.78 is 0. The molecule has 19 heavy (non-hydrogen) atoms. The van der Waals surface area contributed by atoms with E-state index < -0.39 is 0 Å². The van der Waals surface area contributed by atoms with Gasteiger partial charge in [0.05, 0.1) is 0 Å². The van der Waals surface area contributed by atoms with E-state index in [1.165, 1.54) is 57.8 Å². The highest BCUT2D eigenvalue weighted by molar-refractivity contribution is 4.91. The fraction of sp³-hybridized carbons (Fsp3) is 0.895. The highest BCUT2D eigenvalue weighted by Crippen LogP contribution is 2.44. The Morgan fingerprint density at radius 2 is 1.68 bits per heavy atom. The van der Waals surface area contributed by atoms with Gasteiger partial charge in [-0.3, -0.25) is 0 Å². The van der Waals surface area contributed by atoms with Crippen LogP contribution in [0.15, 0.2) is 12.2 Å². The maximum absolute atomic E-state index is 2.47. The maximum atomic E-state index is 2.47. The average Bonchev–Trinajstić information content (AvgIpc) is 2.77. The molecule has 0 saturated heterocycles. The molecule has 0 aromatic heterocycles. The SMILES string of the molecule is CCC=CCC1C(CCCC)CCC1CCC(C)C. The molecule has 1 rings (SSSR count). The van der Waals surface area contributed by atoms with Crippen molar-refractivity contribution in [2.75, 3.05) is 0 Å². The third kappa shape index (κ3) is 6.15. The monoisotopic (exact) mass is 264 g/mol. The summed E-state index contributed by atoms with van der Waals surface area (Å²) >= 11 is 0. The van der Waals surface area contributed by atoms with Crippen LogP contribution in [0.3, 0.4) is 0 Å². The lowest BCUT2D eigenvalue weighted by Crippen LogP contribution is -2.15. The van der Waals surface area contributed by atoms with E-state index >= 15 is 0 Å². The second kappa shape index (κ2) is 9.61. The molecular formula is C19H36. The van der Waals surface area contributed by atoms with Gasteiger partial charge in [-0.15, -0.1) is 0 Å². The second-order valence-electron chi connectivity index (χ2n) is 6.99. The molecule has 0 bridgehead atoms. The molecule has 1 fully saturated rings. The Morgan fingerprint density at radius 1 is 1.00 bits per heavy atom. The molecule has 3 atom stereocenters. The van der Waals surface area contributed by atoms with Crippen LogP contribution in [-0.4, -0.2) is 0 Å². The van der Waals surface area contributed by atoms with Gasteiger partial charge >= 0.3 is 0 Å². The highest BCUT2D eigenvalue weighted by atomic mass is 14.4. The minimum absolute atomic E-state index is 0.876. The van der Waals surface area contributed by atoms with Crippen LogP contribution in [-0.2, 0) is 0 Å². The van der Waals surface area contributed by atoms with Crippen LogP contribution >= 0.6 is 0 Å². The molecule has 3 unspecified atom stereocenters. The molecule has 0 aromatic rings. The van der Waals surface area contributed by atoms with Crippen LogP contribution in [0.5, 0.6) is 0 Å². The van der Waals surface area contributed by atoms with Crippen LogP contribution in [0.1, 0.15) is 85.5 Å². The smallest absolute Gasteiger partial charge is 0.0317 e. The van der Waals surface area contributed by atoms with Gasteiger partial charge in [0.2, 0.25) is 0 Å². The normalized spacial score (nSPS) is 27.7. The summed E-state index contributed by atoms with van der Waals surface area (Å²) in [6.07, 6.45) is 17.6. The Balaban J connectivity index is 2.50. The van der Waals surface area contributed by atoms with E-state index in [1.807, 2.05) is 0 Å². The van der Waals surface area contributed by atoms with Crippen molar-refractivity contribution in [3.8, 4) is 0 Å². The summed E-state index contributed by atoms with van der Waals surface area (Å²) in [6, 6.07) is 0. The summed E-state index contributed by atoms with van der Waals surface area (Å²) in [5.74, 6) is 3.92. The van der Waals surface area contributed by atoms with Crippen molar-refractivity contribution >= 4 is 0 Å². The van der Waals surface area contributed by atoms with Gasteiger partial charge in [-0.1, -0.05) is 65.5 Å². The number of rotatable bonds is 9. The summed E-state index contributed by atoms with van der Waals surface area (Å²) in [5.41, 5.74) is 0. The predicted molar refractivity (Wildman–Crippen MR) is 87.3 cm³/mol. The van der Waals surface area contributed by atoms with Gasteiger partial charge in [0, 0.05) is 0 Å². The van der Waals surface area contributed by atoms with Gasteiger partial charge in [0.15, 0.2) is 0 Å². The zero-order valence-corrected chi connectivity index (χ0v) is 13.8. The third-order valence-electron chi connectivity index (χ3n) is 4.97. The lowest BCUT2D eigenvalue weighted by Gasteiger charge is -2.24. The first-order valence-electron chi connectivity index (χ1n) is 8.83. The van der Waals surface area contributed by atoms with Gasteiger partial charge in [-0.05, 0) is 55.8 Å². The molecule has 1 aliphatic carbocycles. The van der Waals surface area contributed by atoms with Crippen molar-refractivity contribution < 1.29 is 0 Å². The van der Waals surface area contributed by atoms with Crippen LogP contribution in [0.25, 0.3) is 0 Å². The van der Waals surface area contributed by atoms with Crippen LogP contribution in [0, 0.1) is 23.7 Å². The van der Waals surface area contributed by atoms with E-state index in [4.69, 9.17) is 0 Å². The fourth-order valence-electron chi connectivity index (χ4n) is 3.78. The predicted octanol–water partition coefficient (Wildman–Crippen LogP) is 6.61. The molecule has 0 heteroatoms. The topological polar surface area (TPSA) is 0 Å². The van der Waals surface area contributed by atoms with Crippen molar-refractivity contribution in [2.45, 2.75) is 85.5 Å². The quantitative estimate of drug-likeness (QED) is 0.411. The first-order chi connectivity index (χ1) is 9.19. The van der Waals surface area contributed by atoms with Crippen molar-refractivity contribution in [1.29, 1.82) is 0 Å². The number of unbranched alkanes of at least 4 members (excludes halogenated alkanes) is 1. The number of hydrogen-bond acceptors (Lipinski definition) is 0. The number of allylic oxidation sites excluding steroid dienone is 2. The molecular weight excluding hydrogens is 228 g/mol. The number of hydrogen-bond donors (Lipinski definition) is 0. The van der Waals surface area contributed by atoms with Crippen LogP contribution in [0.4, 0.5) is 0 Å². The Labute approximate surface area is 122 Å². The van der Waals surface area contributed by atoms with Gasteiger partial charge in [-0.25, -0.2) is 0 Å². The molecule has 0 nitrogen and oxygen atoms in total. The minimum Gasteiger partial charge on any atom is -0.0888 e. The van der Waals surface area contributed by atoms with Gasteiger partial charge in [0.25, 0.3) is 0 Å². The Bertz CT molecular complexity index is 238. The Kier molecular flexibility index (Phi) is 8.50. The molecule has 0 heterocycles. The lowest BCUT2D eigenvalue weighted by molar-refractivity contribution is 0.272. The summed E-state index contributed by atoms with van der Waals surface area (Å²) in [5, 5.41) is 0. The van der Waals surface area contributed by atoms with Crippen molar-refractivity contribution in [3.05, 3.63) is 12.2 Å². The first kappa shape index (κ1) is 16.8. The van der Waals surface area contributed by atoms with E-state index in [2.05, 4.69) is 39.8 Å². The molecule has 1 aliphatic rings. The average molecular weight is 264 g/mol. The molecule has 0 N–H and O–H groups in total. The maximum Gasteiger partial charge on any atom is -0.0317 e. The molecule has 0 aromatic carbocycles. The standard InChI is InChI=1S/C19H36/c1-5-7-9-11-19-17(10-8-6-2)14-15-18(19)13-12-16(3)4/h7,9,16-19H,5-6,8,10-15H2,1-4H3. The Hall–Kier alpha value is -0.260. The summed E-state index contributed by atoms with van der Waals surface area (Å²) in [4.78, 5) is 0. The summed E-state index contributed by atoms with van der Waals surface area (Å²) in [6.45, 7) is 9.32. The van der Waals surface area contributed by atoms with Crippen molar-refractivity contribution in [3.63, 3.8) is 0 Å². The third-order valence-corrected chi connectivity index (χ3v) is 4.97. The van der Waals surface area contributed by atoms with E-state index in [0.717, 1.165) is 23.7 Å². The first-order valence-corrected chi connectivity index (χ1v) is 8.83. The molecule has 0 aliphatic heterocycles. The Morgan fingerprint density at radius 3 is 2.26 bits per heavy atom. The zero-order chi connectivity index (χ0) is 14.1. The van der Waals surface area contributed by atoms with Crippen LogP contribution < -0.4 is 0 Å². The van der Waals surface area contributed by atoms with Gasteiger partial charge < -0.3 is 0 Å². The lowest BCUT2D eigenvalue weighted by atomic mass is 9.81. The molecule has 1 saturated carbocycles. The zero-order valence-electron chi connectivity index (χ0n) is 13.8. The highest BCUT2D eigenvalue weighted by Gasteiger charge is 2.34. The second-order valence-corrected chi connectivity index (χ2v) is 6.99. The van der Waals surface area contributed by atoms with E-state index in [1.54, 1.807) is 0 Å². The van der Waals surface area contributed by atoms with Gasteiger partial charge in [0.1, 0.15) is 0 Å². The van der Waals surface area contributed by atoms with Gasteiger partial charge in [-0.2, -0.15) is 0 Å². The van der Waals surface area contributed by atoms with Crippen LogP contribution in [0.2, 0.25) is 0 Å². The molecule has 0 spiro atoms.